The second-order valence-corrected chi connectivity index (χ2v) is 8.37. The first-order chi connectivity index (χ1) is 15.2. The van der Waals surface area contributed by atoms with Crippen LogP contribution >= 0.6 is 0 Å². The molecule has 0 saturated heterocycles. The van der Waals surface area contributed by atoms with Crippen molar-refractivity contribution in [3.8, 4) is 17.2 Å². The van der Waals surface area contributed by atoms with Crippen molar-refractivity contribution in [2.75, 3.05) is 13.2 Å². The molecule has 2 unspecified atom stereocenters. The molecule has 3 aromatic carbocycles. The molecule has 0 N–H and O–H groups in total. The molecule has 0 aliphatic carbocycles. The standard InChI is InChI=1S/C26H24N2O3/c1-16-7-9-19(17(2)13-16)26-28-22(20-5-3-4-6-23(20)31-26)15-21(27-28)18-8-10-24-25(14-18)30-12-11-29-24/h3-10,13-14,22,26H,11-12,15H2,1-2H3. The van der Waals surface area contributed by atoms with Crippen molar-refractivity contribution >= 4 is 5.71 Å². The lowest BCUT2D eigenvalue weighted by Gasteiger charge is -2.38. The molecule has 3 aromatic rings. The Morgan fingerprint density at radius 3 is 2.55 bits per heavy atom. The maximum Gasteiger partial charge on any atom is 0.214 e. The normalized spacial score (nSPS) is 21.1. The summed E-state index contributed by atoms with van der Waals surface area (Å²) in [4.78, 5) is 0. The molecule has 31 heavy (non-hydrogen) atoms. The first kappa shape index (κ1) is 18.3. The summed E-state index contributed by atoms with van der Waals surface area (Å²) in [6.07, 6.45) is 0.566. The van der Waals surface area contributed by atoms with Crippen LogP contribution in [0.1, 0.15) is 46.5 Å². The lowest BCUT2D eigenvalue weighted by molar-refractivity contribution is -0.0194. The van der Waals surface area contributed by atoms with E-state index in [4.69, 9.17) is 19.3 Å². The molecule has 156 valence electrons. The van der Waals surface area contributed by atoms with Crippen molar-refractivity contribution in [1.82, 2.24) is 5.01 Å². The molecule has 0 saturated carbocycles. The van der Waals surface area contributed by atoms with Crippen molar-refractivity contribution < 1.29 is 14.2 Å². The lowest BCUT2D eigenvalue weighted by Crippen LogP contribution is -2.34. The van der Waals surface area contributed by atoms with Crippen molar-refractivity contribution in [2.24, 2.45) is 5.10 Å². The maximum atomic E-state index is 6.50. The minimum atomic E-state index is -0.254. The van der Waals surface area contributed by atoms with E-state index in [-0.39, 0.29) is 12.3 Å². The van der Waals surface area contributed by atoms with Gasteiger partial charge in [-0.25, -0.2) is 5.01 Å². The van der Waals surface area contributed by atoms with Crippen LogP contribution in [0.3, 0.4) is 0 Å². The van der Waals surface area contributed by atoms with E-state index in [0.29, 0.717) is 13.2 Å². The minimum Gasteiger partial charge on any atom is -0.486 e. The van der Waals surface area contributed by atoms with E-state index in [9.17, 15) is 0 Å². The van der Waals surface area contributed by atoms with Crippen molar-refractivity contribution in [3.05, 3.63) is 88.5 Å². The fraction of sp³-hybridized carbons (Fsp3) is 0.269. The number of fused-ring (bicyclic) bond motifs is 4. The van der Waals surface area contributed by atoms with Crippen LogP contribution in [-0.4, -0.2) is 23.9 Å². The maximum absolute atomic E-state index is 6.50. The van der Waals surface area contributed by atoms with Crippen molar-refractivity contribution in [1.29, 1.82) is 0 Å². The third-order valence-electron chi connectivity index (χ3n) is 6.27. The number of para-hydroxylation sites is 1. The Morgan fingerprint density at radius 2 is 1.68 bits per heavy atom. The minimum absolute atomic E-state index is 0.138. The zero-order chi connectivity index (χ0) is 20.9. The zero-order valence-corrected chi connectivity index (χ0v) is 17.7. The van der Waals surface area contributed by atoms with Gasteiger partial charge in [0, 0.05) is 23.1 Å². The predicted molar refractivity (Wildman–Crippen MR) is 119 cm³/mol. The monoisotopic (exact) mass is 412 g/mol. The highest BCUT2D eigenvalue weighted by Gasteiger charge is 2.41. The molecule has 5 heteroatoms. The van der Waals surface area contributed by atoms with Crippen LogP contribution in [0.25, 0.3) is 0 Å². The second-order valence-electron chi connectivity index (χ2n) is 8.37. The molecular formula is C26H24N2O3. The quantitative estimate of drug-likeness (QED) is 0.572. The van der Waals surface area contributed by atoms with E-state index in [0.717, 1.165) is 40.5 Å². The number of rotatable bonds is 2. The molecule has 3 heterocycles. The van der Waals surface area contributed by atoms with Crippen LogP contribution in [0.2, 0.25) is 0 Å². The highest BCUT2D eigenvalue weighted by Crippen LogP contribution is 2.48. The molecule has 0 bridgehead atoms. The lowest BCUT2D eigenvalue weighted by atomic mass is 9.95. The summed E-state index contributed by atoms with van der Waals surface area (Å²) in [6.45, 7) is 5.43. The number of ether oxygens (including phenoxy) is 3. The molecule has 2 atom stereocenters. The van der Waals surface area contributed by atoms with Gasteiger partial charge in [0.2, 0.25) is 6.23 Å². The van der Waals surface area contributed by atoms with E-state index in [2.05, 4.69) is 61.3 Å². The third-order valence-corrected chi connectivity index (χ3v) is 6.27. The third kappa shape index (κ3) is 3.03. The summed E-state index contributed by atoms with van der Waals surface area (Å²) in [5.41, 5.74) is 6.90. The van der Waals surface area contributed by atoms with Gasteiger partial charge in [-0.15, -0.1) is 0 Å². The number of aryl methyl sites for hydroxylation is 2. The summed E-state index contributed by atoms with van der Waals surface area (Å²) >= 11 is 0. The molecule has 0 amide bonds. The van der Waals surface area contributed by atoms with Crippen LogP contribution in [0, 0.1) is 13.8 Å². The SMILES string of the molecule is Cc1ccc(C2Oc3ccccc3C3CC(c4ccc5c(c4)OCCO5)=NN32)c(C)c1. The molecular weight excluding hydrogens is 388 g/mol. The summed E-state index contributed by atoms with van der Waals surface area (Å²) < 4.78 is 18.0. The Morgan fingerprint density at radius 1 is 0.839 bits per heavy atom. The van der Waals surface area contributed by atoms with Gasteiger partial charge in [0.15, 0.2) is 11.5 Å². The average molecular weight is 412 g/mol. The zero-order valence-electron chi connectivity index (χ0n) is 17.7. The Kier molecular flexibility index (Phi) is 4.16. The molecule has 6 rings (SSSR count). The van der Waals surface area contributed by atoms with Gasteiger partial charge in [0.05, 0.1) is 11.8 Å². The molecule has 0 radical (unpaired) electrons. The highest BCUT2D eigenvalue weighted by atomic mass is 16.6. The number of hydrogen-bond donors (Lipinski definition) is 0. The van der Waals surface area contributed by atoms with Crippen LogP contribution < -0.4 is 14.2 Å². The van der Waals surface area contributed by atoms with Gasteiger partial charge in [-0.1, -0.05) is 42.0 Å². The summed E-state index contributed by atoms with van der Waals surface area (Å²) in [7, 11) is 0. The van der Waals surface area contributed by atoms with Crippen molar-refractivity contribution in [3.63, 3.8) is 0 Å². The molecule has 3 aliphatic heterocycles. The Balaban J connectivity index is 1.43. The average Bonchev–Trinajstić information content (AvgIpc) is 3.24. The van der Waals surface area contributed by atoms with Crippen LogP contribution in [0.15, 0.2) is 65.8 Å². The number of nitrogens with zero attached hydrogens (tertiary/aromatic N) is 2. The summed E-state index contributed by atoms with van der Waals surface area (Å²) in [6, 6.07) is 21.1. The summed E-state index contributed by atoms with van der Waals surface area (Å²) in [5, 5.41) is 7.21. The van der Waals surface area contributed by atoms with Crippen LogP contribution in [-0.2, 0) is 0 Å². The van der Waals surface area contributed by atoms with E-state index in [1.165, 1.54) is 16.7 Å². The Labute approximate surface area is 181 Å². The van der Waals surface area contributed by atoms with E-state index in [1.54, 1.807) is 0 Å². The Bertz CT molecular complexity index is 1200. The van der Waals surface area contributed by atoms with E-state index < -0.39 is 0 Å². The summed E-state index contributed by atoms with van der Waals surface area (Å²) in [5.74, 6) is 2.53. The van der Waals surface area contributed by atoms with E-state index >= 15 is 0 Å². The van der Waals surface area contributed by atoms with Gasteiger partial charge in [0.1, 0.15) is 19.0 Å². The number of hydrazone groups is 1. The molecule has 0 aromatic heterocycles. The van der Waals surface area contributed by atoms with Crippen LogP contribution in [0.5, 0.6) is 17.2 Å². The van der Waals surface area contributed by atoms with Gasteiger partial charge in [0.25, 0.3) is 0 Å². The largest absolute Gasteiger partial charge is 0.486 e. The Hall–Kier alpha value is -3.47. The number of hydrogen-bond acceptors (Lipinski definition) is 5. The molecule has 5 nitrogen and oxygen atoms in total. The smallest absolute Gasteiger partial charge is 0.214 e. The fourth-order valence-corrected chi connectivity index (χ4v) is 4.74. The van der Waals surface area contributed by atoms with Gasteiger partial charge in [-0.05, 0) is 43.7 Å². The van der Waals surface area contributed by atoms with Crippen LogP contribution in [0.4, 0.5) is 0 Å². The fourth-order valence-electron chi connectivity index (χ4n) is 4.74. The first-order valence-corrected chi connectivity index (χ1v) is 10.8. The first-order valence-electron chi connectivity index (χ1n) is 10.8. The van der Waals surface area contributed by atoms with Gasteiger partial charge < -0.3 is 14.2 Å². The molecule has 0 spiro atoms. The topological polar surface area (TPSA) is 43.3 Å². The van der Waals surface area contributed by atoms with Gasteiger partial charge in [-0.3, -0.25) is 0 Å². The second kappa shape index (κ2) is 7.05. The van der Waals surface area contributed by atoms with Gasteiger partial charge in [-0.2, -0.15) is 5.10 Å². The number of benzene rings is 3. The molecule has 3 aliphatic rings. The van der Waals surface area contributed by atoms with Gasteiger partial charge >= 0.3 is 0 Å². The molecule has 0 fully saturated rings. The predicted octanol–water partition coefficient (Wildman–Crippen LogP) is 5.32. The highest BCUT2D eigenvalue weighted by molar-refractivity contribution is 6.02. The van der Waals surface area contributed by atoms with Crippen molar-refractivity contribution in [2.45, 2.75) is 32.5 Å². The van der Waals surface area contributed by atoms with E-state index in [1.807, 2.05) is 18.2 Å².